The van der Waals surface area contributed by atoms with Crippen molar-refractivity contribution < 1.29 is 0 Å². The second-order valence-electron chi connectivity index (χ2n) is 2.63. The summed E-state index contributed by atoms with van der Waals surface area (Å²) in [6.07, 6.45) is 0. The van der Waals surface area contributed by atoms with Crippen molar-refractivity contribution in [2.75, 3.05) is 5.32 Å². The zero-order valence-electron chi connectivity index (χ0n) is 7.68. The third-order valence-corrected chi connectivity index (χ3v) is 1.59. The third kappa shape index (κ3) is 4.42. The molecule has 0 radical (unpaired) electrons. The van der Waals surface area contributed by atoms with Gasteiger partial charge in [-0.3, -0.25) is 0 Å². The van der Waals surface area contributed by atoms with E-state index in [1.165, 1.54) is 0 Å². The molecular formula is C11H12N2S. The van der Waals surface area contributed by atoms with E-state index in [4.69, 9.17) is 18.0 Å². The normalized spacial score (nSPS) is 8.57. The maximum atomic E-state index is 5.37. The molecule has 1 rings (SSSR count). The topological polar surface area (TPSA) is 38.0 Å². The molecule has 0 unspecified atom stereocenters. The van der Waals surface area contributed by atoms with Gasteiger partial charge in [0.2, 0.25) is 0 Å². The highest BCUT2D eigenvalue weighted by Crippen LogP contribution is 2.00. The predicted molar refractivity (Wildman–Crippen MR) is 64.5 cm³/mol. The molecule has 2 nitrogen and oxygen atoms in total. The van der Waals surface area contributed by atoms with Gasteiger partial charge in [0.05, 0.1) is 0 Å². The summed E-state index contributed by atoms with van der Waals surface area (Å²) in [7, 11) is 0. The van der Waals surface area contributed by atoms with Crippen LogP contribution in [0.25, 0.3) is 0 Å². The number of rotatable bonds is 1. The molecule has 1 aromatic carbocycles. The summed E-state index contributed by atoms with van der Waals surface area (Å²) in [4.78, 5) is 0. The van der Waals surface area contributed by atoms with Gasteiger partial charge < -0.3 is 11.1 Å². The van der Waals surface area contributed by atoms with Gasteiger partial charge >= 0.3 is 0 Å². The maximum Gasteiger partial charge on any atom is 0.168 e. The molecule has 0 aliphatic carbocycles. The van der Waals surface area contributed by atoms with Crippen molar-refractivity contribution in [1.29, 1.82) is 0 Å². The molecule has 0 fully saturated rings. The van der Waals surface area contributed by atoms with E-state index in [0.717, 1.165) is 5.69 Å². The zero-order valence-corrected chi connectivity index (χ0v) is 8.50. The standard InChI is InChI=1S/C11H12N2S/c12-11(14)13-10-8-6-4-2-1-3-5-7-9-10/h1-9H,(H3,12,13,14). The molecule has 0 spiro atoms. The number of nitrogens with two attached hydrogens (primary N) is 1. The lowest BCUT2D eigenvalue weighted by Gasteiger charge is -1.99. The molecule has 0 heterocycles. The summed E-state index contributed by atoms with van der Waals surface area (Å²) in [5, 5.41) is 3.14. The van der Waals surface area contributed by atoms with Gasteiger partial charge in [0.25, 0.3) is 0 Å². The van der Waals surface area contributed by atoms with Crippen LogP contribution in [-0.4, -0.2) is 5.11 Å². The summed E-state index contributed by atoms with van der Waals surface area (Å²) in [6, 6.07) is 17.4. The van der Waals surface area contributed by atoms with E-state index < -0.39 is 0 Å². The van der Waals surface area contributed by atoms with Gasteiger partial charge in [0, 0.05) is 5.69 Å². The molecule has 0 atom stereocenters. The average Bonchev–Trinajstić information content (AvgIpc) is 2.15. The molecule has 0 bridgehead atoms. The second kappa shape index (κ2) is 5.94. The van der Waals surface area contributed by atoms with Gasteiger partial charge in [-0.15, -0.1) is 0 Å². The Morgan fingerprint density at radius 1 is 0.929 bits per heavy atom. The molecule has 72 valence electrons. The molecule has 0 amide bonds. The van der Waals surface area contributed by atoms with Crippen LogP contribution in [0.5, 0.6) is 0 Å². The fraction of sp³-hybridized carbons (Fsp3) is 0. The first-order valence-corrected chi connectivity index (χ1v) is 4.65. The Kier molecular flexibility index (Phi) is 4.44. The van der Waals surface area contributed by atoms with Crippen LogP contribution < -0.4 is 11.1 Å². The quantitative estimate of drug-likeness (QED) is 0.690. The predicted octanol–water partition coefficient (Wildman–Crippen LogP) is 2.47. The van der Waals surface area contributed by atoms with Gasteiger partial charge in [-0.05, 0) is 24.4 Å². The highest BCUT2D eigenvalue weighted by atomic mass is 32.1. The first-order valence-electron chi connectivity index (χ1n) is 4.24. The molecule has 0 aliphatic rings. The lowest BCUT2D eigenvalue weighted by atomic mass is 10.3. The number of thiocarbonyl (C=S) groups is 1. The fourth-order valence-corrected chi connectivity index (χ4v) is 1.04. The van der Waals surface area contributed by atoms with Crippen molar-refractivity contribution in [3.63, 3.8) is 0 Å². The average molecular weight is 204 g/mol. The van der Waals surface area contributed by atoms with E-state index in [9.17, 15) is 0 Å². The highest BCUT2D eigenvalue weighted by molar-refractivity contribution is 7.80. The lowest BCUT2D eigenvalue weighted by molar-refractivity contribution is 1.62. The lowest BCUT2D eigenvalue weighted by Crippen LogP contribution is -2.18. The minimum Gasteiger partial charge on any atom is -0.376 e. The molecule has 0 aliphatic heterocycles. The van der Waals surface area contributed by atoms with E-state index >= 15 is 0 Å². The number of hydrogen-bond acceptors (Lipinski definition) is 1. The molecule has 0 aromatic heterocycles. The summed E-state index contributed by atoms with van der Waals surface area (Å²) in [5.74, 6) is 0. The van der Waals surface area contributed by atoms with Crippen LogP contribution in [0, 0.1) is 0 Å². The van der Waals surface area contributed by atoms with E-state index in [1.54, 1.807) is 0 Å². The SMILES string of the molecule is NC(=S)Nc1ccccccccc1. The zero-order chi connectivity index (χ0) is 10.2. The Morgan fingerprint density at radius 2 is 1.36 bits per heavy atom. The van der Waals surface area contributed by atoms with Gasteiger partial charge in [-0.25, -0.2) is 0 Å². The third-order valence-electron chi connectivity index (χ3n) is 1.49. The van der Waals surface area contributed by atoms with Crippen LogP contribution in [0.2, 0.25) is 0 Å². The summed E-state index contributed by atoms with van der Waals surface area (Å²) in [6.45, 7) is 0. The molecule has 14 heavy (non-hydrogen) atoms. The fourth-order valence-electron chi connectivity index (χ4n) is 0.920. The Morgan fingerprint density at radius 3 is 1.79 bits per heavy atom. The van der Waals surface area contributed by atoms with Crippen LogP contribution in [-0.2, 0) is 0 Å². The van der Waals surface area contributed by atoms with Crippen LogP contribution in [0.15, 0.2) is 54.6 Å². The van der Waals surface area contributed by atoms with E-state index in [-0.39, 0.29) is 5.11 Å². The van der Waals surface area contributed by atoms with Crippen molar-refractivity contribution in [2.45, 2.75) is 0 Å². The Hall–Kier alpha value is -1.61. The molecule has 1 aromatic rings. The van der Waals surface area contributed by atoms with Crippen LogP contribution >= 0.6 is 12.2 Å². The van der Waals surface area contributed by atoms with Crippen molar-refractivity contribution in [3.8, 4) is 0 Å². The smallest absolute Gasteiger partial charge is 0.168 e. The number of anilines is 1. The van der Waals surface area contributed by atoms with Crippen molar-refractivity contribution in [2.24, 2.45) is 5.73 Å². The first-order chi connectivity index (χ1) is 6.79. The molecule has 3 N–H and O–H groups in total. The largest absolute Gasteiger partial charge is 0.376 e. The monoisotopic (exact) mass is 204 g/mol. The Bertz CT molecular complexity index is 337. The van der Waals surface area contributed by atoms with Gasteiger partial charge in [0.15, 0.2) is 5.11 Å². The number of nitrogens with one attached hydrogen (secondary N) is 1. The van der Waals surface area contributed by atoms with Gasteiger partial charge in [-0.2, -0.15) is 0 Å². The van der Waals surface area contributed by atoms with Crippen molar-refractivity contribution in [3.05, 3.63) is 54.6 Å². The van der Waals surface area contributed by atoms with Gasteiger partial charge in [-0.1, -0.05) is 42.5 Å². The summed E-state index contributed by atoms with van der Waals surface area (Å²) < 4.78 is 0. The molecule has 3 heteroatoms. The van der Waals surface area contributed by atoms with E-state index in [2.05, 4.69) is 5.32 Å². The summed E-state index contributed by atoms with van der Waals surface area (Å²) >= 11 is 4.75. The van der Waals surface area contributed by atoms with Crippen LogP contribution in [0.4, 0.5) is 5.69 Å². The molecule has 0 saturated heterocycles. The second-order valence-corrected chi connectivity index (χ2v) is 3.06. The van der Waals surface area contributed by atoms with Gasteiger partial charge in [0.1, 0.15) is 0 Å². The van der Waals surface area contributed by atoms with Crippen molar-refractivity contribution >= 4 is 23.0 Å². The van der Waals surface area contributed by atoms with Crippen molar-refractivity contribution in [1.82, 2.24) is 0 Å². The molecular weight excluding hydrogens is 192 g/mol. The Labute approximate surface area is 89.1 Å². The maximum absolute atomic E-state index is 5.37. The highest BCUT2D eigenvalue weighted by Gasteiger charge is 1.86. The first kappa shape index (κ1) is 10.5. The van der Waals surface area contributed by atoms with E-state index in [1.807, 2.05) is 54.6 Å². The van der Waals surface area contributed by atoms with Crippen LogP contribution in [0.3, 0.4) is 0 Å². The molecule has 0 saturated carbocycles. The Balaban J connectivity index is 3.01. The number of hydrogen-bond donors (Lipinski definition) is 2. The van der Waals surface area contributed by atoms with Crippen LogP contribution in [0.1, 0.15) is 0 Å². The summed E-state index contributed by atoms with van der Waals surface area (Å²) in [5.41, 5.74) is 6.24. The van der Waals surface area contributed by atoms with E-state index in [0.29, 0.717) is 0 Å². The minimum atomic E-state index is 0.269. The minimum absolute atomic E-state index is 0.269.